The Morgan fingerprint density at radius 2 is 1.70 bits per heavy atom. The van der Waals surface area contributed by atoms with Crippen LogP contribution in [0.4, 0.5) is 4.39 Å². The molecule has 1 amide bonds. The first-order valence-electron chi connectivity index (χ1n) is 10.1. The molecule has 30 heavy (non-hydrogen) atoms. The van der Waals surface area contributed by atoms with Crippen LogP contribution in [0, 0.1) is 5.82 Å². The van der Waals surface area contributed by atoms with E-state index in [0.717, 1.165) is 24.2 Å². The smallest absolute Gasteiger partial charge is 0.332 e. The first kappa shape index (κ1) is 20.0. The van der Waals surface area contributed by atoms with Crippen molar-refractivity contribution in [1.82, 2.24) is 14.0 Å². The van der Waals surface area contributed by atoms with Crippen molar-refractivity contribution in [1.29, 1.82) is 0 Å². The SMILES string of the molecule is CC[NH+]1CCN(C(=O)Cn2c(=O)n(-c3ccc(F)cc3)c(=O)c3ccccc32)CC1. The molecule has 1 fully saturated rings. The van der Waals surface area contributed by atoms with Gasteiger partial charge < -0.3 is 9.80 Å². The number of nitrogens with one attached hydrogen (secondary N) is 1. The molecule has 1 aliphatic heterocycles. The number of carbonyl (C=O) groups is 1. The summed E-state index contributed by atoms with van der Waals surface area (Å²) >= 11 is 0. The van der Waals surface area contributed by atoms with Gasteiger partial charge in [0.25, 0.3) is 5.56 Å². The van der Waals surface area contributed by atoms with Crippen LogP contribution in [-0.2, 0) is 11.3 Å². The van der Waals surface area contributed by atoms with E-state index in [9.17, 15) is 18.8 Å². The van der Waals surface area contributed by atoms with E-state index in [1.54, 1.807) is 29.2 Å². The number of aromatic nitrogens is 2. The molecule has 0 atom stereocenters. The van der Waals surface area contributed by atoms with E-state index < -0.39 is 17.1 Å². The van der Waals surface area contributed by atoms with Gasteiger partial charge in [-0.3, -0.25) is 14.2 Å². The van der Waals surface area contributed by atoms with Crippen molar-refractivity contribution < 1.29 is 14.1 Å². The second-order valence-electron chi connectivity index (χ2n) is 7.49. The molecule has 4 rings (SSSR count). The molecular weight excluding hydrogens is 387 g/mol. The quantitative estimate of drug-likeness (QED) is 0.659. The molecule has 7 nitrogen and oxygen atoms in total. The molecule has 1 aliphatic rings. The fourth-order valence-electron chi connectivity index (χ4n) is 3.95. The molecule has 0 aliphatic carbocycles. The number of quaternary nitrogens is 1. The lowest BCUT2D eigenvalue weighted by atomic mass is 10.2. The number of rotatable bonds is 4. The number of halogens is 1. The molecule has 1 N–H and O–H groups in total. The second-order valence-corrected chi connectivity index (χ2v) is 7.49. The van der Waals surface area contributed by atoms with Gasteiger partial charge in [0.2, 0.25) is 5.91 Å². The van der Waals surface area contributed by atoms with Crippen LogP contribution < -0.4 is 16.1 Å². The molecule has 2 heterocycles. The van der Waals surface area contributed by atoms with Crippen LogP contribution in [0.2, 0.25) is 0 Å². The molecule has 3 aromatic rings. The number of para-hydroxylation sites is 1. The predicted octanol–water partition coefficient (Wildman–Crippen LogP) is 0.0385. The van der Waals surface area contributed by atoms with Gasteiger partial charge in [0, 0.05) is 0 Å². The Morgan fingerprint density at radius 1 is 1.03 bits per heavy atom. The highest BCUT2D eigenvalue weighted by Gasteiger charge is 2.24. The Kier molecular flexibility index (Phi) is 5.50. The second kappa shape index (κ2) is 8.23. The fourth-order valence-corrected chi connectivity index (χ4v) is 3.95. The van der Waals surface area contributed by atoms with E-state index in [4.69, 9.17) is 0 Å². The first-order chi connectivity index (χ1) is 14.5. The number of amides is 1. The average molecular weight is 411 g/mol. The summed E-state index contributed by atoms with van der Waals surface area (Å²) in [5.74, 6) is -0.613. The van der Waals surface area contributed by atoms with E-state index in [2.05, 4.69) is 6.92 Å². The molecule has 0 bridgehead atoms. The molecule has 0 unspecified atom stereocenters. The largest absolute Gasteiger partial charge is 0.336 e. The Bertz CT molecular complexity index is 1190. The third-order valence-electron chi connectivity index (χ3n) is 5.75. The minimum absolute atomic E-state index is 0.151. The van der Waals surface area contributed by atoms with Crippen molar-refractivity contribution in [3.05, 3.63) is 75.2 Å². The highest BCUT2D eigenvalue weighted by molar-refractivity contribution is 5.82. The maximum Gasteiger partial charge on any atom is 0.336 e. The number of likely N-dealkylation sites (N-methyl/N-ethyl adjacent to an activating group) is 1. The zero-order valence-electron chi connectivity index (χ0n) is 16.8. The summed E-state index contributed by atoms with van der Waals surface area (Å²) in [5.41, 5.74) is -0.432. The molecule has 1 saturated heterocycles. The van der Waals surface area contributed by atoms with Crippen molar-refractivity contribution in [3.63, 3.8) is 0 Å². The van der Waals surface area contributed by atoms with E-state index in [1.807, 2.05) is 0 Å². The Morgan fingerprint density at radius 3 is 2.37 bits per heavy atom. The molecule has 2 aromatic carbocycles. The van der Waals surface area contributed by atoms with Crippen molar-refractivity contribution in [2.45, 2.75) is 13.5 Å². The molecule has 0 radical (unpaired) electrons. The standard InChI is InChI=1S/C22H23FN4O3/c1-2-24-11-13-25(14-12-24)20(28)15-26-19-6-4-3-5-18(19)21(29)27(22(26)30)17-9-7-16(23)8-10-17/h3-10H,2,11-15H2,1H3/p+1. The molecule has 156 valence electrons. The third kappa shape index (κ3) is 3.66. The van der Waals surface area contributed by atoms with Crippen molar-refractivity contribution in [2.75, 3.05) is 32.7 Å². The van der Waals surface area contributed by atoms with Crippen molar-refractivity contribution >= 4 is 16.8 Å². The van der Waals surface area contributed by atoms with Gasteiger partial charge in [-0.25, -0.2) is 13.8 Å². The number of nitrogens with zero attached hydrogens (tertiary/aromatic N) is 3. The van der Waals surface area contributed by atoms with Crippen molar-refractivity contribution in [2.24, 2.45) is 0 Å². The highest BCUT2D eigenvalue weighted by Crippen LogP contribution is 2.11. The number of carbonyl (C=O) groups excluding carboxylic acids is 1. The summed E-state index contributed by atoms with van der Waals surface area (Å²) in [4.78, 5) is 42.4. The van der Waals surface area contributed by atoms with Gasteiger partial charge in [-0.1, -0.05) is 12.1 Å². The van der Waals surface area contributed by atoms with Crippen LogP contribution in [-0.4, -0.2) is 52.7 Å². The molecule has 8 heteroatoms. The first-order valence-corrected chi connectivity index (χ1v) is 10.1. The van der Waals surface area contributed by atoms with Crippen molar-refractivity contribution in [3.8, 4) is 5.69 Å². The van der Waals surface area contributed by atoms with Crippen LogP contribution in [0.1, 0.15) is 6.92 Å². The van der Waals surface area contributed by atoms with Crippen LogP contribution >= 0.6 is 0 Å². The summed E-state index contributed by atoms with van der Waals surface area (Å²) in [6.45, 7) is 6.05. The van der Waals surface area contributed by atoms with Gasteiger partial charge in [-0.2, -0.15) is 0 Å². The van der Waals surface area contributed by atoms with E-state index in [-0.39, 0.29) is 18.1 Å². The summed E-state index contributed by atoms with van der Waals surface area (Å²) in [7, 11) is 0. The number of piperazine rings is 1. The Labute approximate surface area is 172 Å². The lowest BCUT2D eigenvalue weighted by Gasteiger charge is -2.31. The molecule has 1 aromatic heterocycles. The maximum atomic E-state index is 13.3. The van der Waals surface area contributed by atoms with Gasteiger partial charge in [0.05, 0.1) is 49.3 Å². The Balaban J connectivity index is 1.78. The normalized spacial score (nSPS) is 14.9. The number of hydrogen-bond donors (Lipinski definition) is 1. The number of benzene rings is 2. The van der Waals surface area contributed by atoms with Gasteiger partial charge >= 0.3 is 5.69 Å². The summed E-state index contributed by atoms with van der Waals surface area (Å²) in [6.07, 6.45) is 0. The number of hydrogen-bond acceptors (Lipinski definition) is 3. The molecule has 0 saturated carbocycles. The third-order valence-corrected chi connectivity index (χ3v) is 5.75. The highest BCUT2D eigenvalue weighted by atomic mass is 19.1. The Hall–Kier alpha value is -3.26. The van der Waals surface area contributed by atoms with Crippen LogP contribution in [0.5, 0.6) is 0 Å². The summed E-state index contributed by atoms with van der Waals surface area (Å²) in [6, 6.07) is 11.9. The maximum absolute atomic E-state index is 13.3. The lowest BCUT2D eigenvalue weighted by molar-refractivity contribution is -0.902. The lowest BCUT2D eigenvalue weighted by Crippen LogP contribution is -3.14. The van der Waals surface area contributed by atoms with E-state index >= 15 is 0 Å². The van der Waals surface area contributed by atoms with Crippen LogP contribution in [0.15, 0.2) is 58.1 Å². The zero-order valence-corrected chi connectivity index (χ0v) is 16.8. The fraction of sp³-hybridized carbons (Fsp3) is 0.318. The monoisotopic (exact) mass is 411 g/mol. The number of fused-ring (bicyclic) bond motifs is 1. The van der Waals surface area contributed by atoms with Gasteiger partial charge in [0.15, 0.2) is 0 Å². The summed E-state index contributed by atoms with van der Waals surface area (Å²) < 4.78 is 15.7. The van der Waals surface area contributed by atoms with E-state index in [1.165, 1.54) is 33.7 Å². The minimum atomic E-state index is -0.614. The van der Waals surface area contributed by atoms with Crippen LogP contribution in [0.3, 0.4) is 0 Å². The average Bonchev–Trinajstić information content (AvgIpc) is 2.78. The van der Waals surface area contributed by atoms with Gasteiger partial charge in [0.1, 0.15) is 12.4 Å². The zero-order chi connectivity index (χ0) is 21.3. The summed E-state index contributed by atoms with van der Waals surface area (Å²) in [5, 5.41) is 0.328. The molecular formula is C22H24FN4O3+. The van der Waals surface area contributed by atoms with Gasteiger partial charge in [-0.05, 0) is 43.3 Å². The topological polar surface area (TPSA) is 68.8 Å². The van der Waals surface area contributed by atoms with Gasteiger partial charge in [-0.15, -0.1) is 0 Å². The molecule has 0 spiro atoms. The van der Waals surface area contributed by atoms with E-state index in [0.29, 0.717) is 24.0 Å². The predicted molar refractivity (Wildman–Crippen MR) is 112 cm³/mol. The minimum Gasteiger partial charge on any atom is -0.332 e. The van der Waals surface area contributed by atoms with Crippen LogP contribution in [0.25, 0.3) is 16.6 Å².